The van der Waals surface area contributed by atoms with Crippen LogP contribution in [0.4, 0.5) is 0 Å². The van der Waals surface area contributed by atoms with E-state index in [0.717, 1.165) is 28.1 Å². The summed E-state index contributed by atoms with van der Waals surface area (Å²) in [4.78, 5) is 53.1. The Morgan fingerprint density at radius 3 is 1.67 bits per heavy atom. The summed E-state index contributed by atoms with van der Waals surface area (Å²) in [5.74, 6) is -0.392. The summed E-state index contributed by atoms with van der Waals surface area (Å²) in [7, 11) is 0. The standard InChI is InChI=1S/C23H22N6O4/c1-13-6-14(22(32)28-4-2-18-16(11-28)9-20(30)26-24-18)8-15(7-13)23(33)29-5-3-19-17(12-29)10-21(31)27-25-19/h6-10H,2-5,11-12H2,1H3,(H,26,30)(H,27,31). The van der Waals surface area contributed by atoms with E-state index in [-0.39, 0.29) is 22.9 Å². The van der Waals surface area contributed by atoms with E-state index in [2.05, 4.69) is 20.4 Å². The van der Waals surface area contributed by atoms with Crippen LogP contribution in [-0.4, -0.2) is 55.1 Å². The van der Waals surface area contributed by atoms with Gasteiger partial charge in [0.15, 0.2) is 0 Å². The minimum atomic E-state index is -0.299. The van der Waals surface area contributed by atoms with Crippen LogP contribution in [0.1, 0.15) is 48.8 Å². The Balaban J connectivity index is 1.38. The van der Waals surface area contributed by atoms with Crippen LogP contribution in [0.5, 0.6) is 0 Å². The Bertz CT molecular complexity index is 1290. The first-order chi connectivity index (χ1) is 15.9. The van der Waals surface area contributed by atoms with Crippen molar-refractivity contribution in [3.8, 4) is 0 Å². The second-order valence-corrected chi connectivity index (χ2v) is 8.45. The van der Waals surface area contributed by atoms with Crippen molar-refractivity contribution in [2.24, 2.45) is 0 Å². The Hall–Kier alpha value is -4.08. The van der Waals surface area contributed by atoms with Gasteiger partial charge in [-0.1, -0.05) is 0 Å². The third-order valence-corrected chi connectivity index (χ3v) is 6.06. The summed E-state index contributed by atoms with van der Waals surface area (Å²) < 4.78 is 0. The molecule has 4 heterocycles. The van der Waals surface area contributed by atoms with Gasteiger partial charge >= 0.3 is 0 Å². The molecule has 10 nitrogen and oxygen atoms in total. The van der Waals surface area contributed by atoms with Gasteiger partial charge in [0.1, 0.15) is 0 Å². The largest absolute Gasteiger partial charge is 0.334 e. The zero-order chi connectivity index (χ0) is 23.1. The first-order valence-electron chi connectivity index (χ1n) is 10.7. The van der Waals surface area contributed by atoms with E-state index in [4.69, 9.17) is 0 Å². The van der Waals surface area contributed by atoms with Crippen molar-refractivity contribution in [2.75, 3.05) is 13.1 Å². The molecule has 0 bridgehead atoms. The maximum Gasteiger partial charge on any atom is 0.264 e. The molecule has 5 rings (SSSR count). The maximum atomic E-state index is 13.2. The molecule has 1 aromatic carbocycles. The molecule has 0 aliphatic carbocycles. The average molecular weight is 446 g/mol. The van der Waals surface area contributed by atoms with Gasteiger partial charge in [0.05, 0.1) is 11.4 Å². The van der Waals surface area contributed by atoms with Crippen LogP contribution in [-0.2, 0) is 25.9 Å². The van der Waals surface area contributed by atoms with Gasteiger partial charge in [-0.3, -0.25) is 19.2 Å². The van der Waals surface area contributed by atoms with E-state index in [0.29, 0.717) is 50.1 Å². The lowest BCUT2D eigenvalue weighted by Crippen LogP contribution is -2.38. The van der Waals surface area contributed by atoms with Crippen LogP contribution in [0.15, 0.2) is 39.9 Å². The van der Waals surface area contributed by atoms with E-state index in [1.807, 2.05) is 6.92 Å². The summed E-state index contributed by atoms with van der Waals surface area (Å²) in [6.45, 7) is 3.40. The third-order valence-electron chi connectivity index (χ3n) is 6.06. The van der Waals surface area contributed by atoms with Crippen LogP contribution in [0, 0.1) is 6.92 Å². The van der Waals surface area contributed by atoms with Crippen molar-refractivity contribution < 1.29 is 9.59 Å². The molecule has 0 atom stereocenters. The van der Waals surface area contributed by atoms with Crippen molar-refractivity contribution in [3.63, 3.8) is 0 Å². The van der Waals surface area contributed by atoms with Crippen LogP contribution in [0.2, 0.25) is 0 Å². The number of carbonyl (C=O) groups is 2. The van der Waals surface area contributed by atoms with Crippen molar-refractivity contribution in [2.45, 2.75) is 32.9 Å². The van der Waals surface area contributed by atoms with Gasteiger partial charge in [-0.05, 0) is 30.7 Å². The zero-order valence-corrected chi connectivity index (χ0v) is 18.1. The summed E-state index contributed by atoms with van der Waals surface area (Å²) in [6.07, 6.45) is 1.10. The fraction of sp³-hybridized carbons (Fsp3) is 0.304. The quantitative estimate of drug-likeness (QED) is 0.591. The lowest BCUT2D eigenvalue weighted by atomic mass is 10.0. The number of rotatable bonds is 2. The Labute approximate surface area is 188 Å². The predicted octanol–water partition coefficient (Wildman–Crippen LogP) is 0.559. The molecule has 0 saturated carbocycles. The first kappa shape index (κ1) is 20.8. The van der Waals surface area contributed by atoms with E-state index in [1.54, 1.807) is 28.0 Å². The van der Waals surface area contributed by atoms with Crippen molar-refractivity contribution in [1.82, 2.24) is 30.2 Å². The Kier molecular flexibility index (Phi) is 5.12. The highest BCUT2D eigenvalue weighted by molar-refractivity contribution is 6.00. The molecule has 2 amide bonds. The highest BCUT2D eigenvalue weighted by atomic mass is 16.2. The van der Waals surface area contributed by atoms with Gasteiger partial charge in [0.2, 0.25) is 0 Å². The summed E-state index contributed by atoms with van der Waals surface area (Å²) in [6, 6.07) is 8.09. The van der Waals surface area contributed by atoms with Crippen LogP contribution < -0.4 is 11.1 Å². The van der Waals surface area contributed by atoms with Gasteiger partial charge in [-0.25, -0.2) is 10.2 Å². The molecule has 10 heteroatoms. The third kappa shape index (κ3) is 4.07. The molecular weight excluding hydrogens is 424 g/mol. The van der Waals surface area contributed by atoms with Gasteiger partial charge in [-0.2, -0.15) is 10.2 Å². The van der Waals surface area contributed by atoms with Gasteiger partial charge in [-0.15, -0.1) is 0 Å². The Morgan fingerprint density at radius 1 is 0.758 bits per heavy atom. The molecule has 0 saturated heterocycles. The maximum absolute atomic E-state index is 13.2. The molecule has 168 valence electrons. The van der Waals surface area contributed by atoms with Crippen LogP contribution >= 0.6 is 0 Å². The number of aromatic nitrogens is 4. The number of hydrogen-bond acceptors (Lipinski definition) is 6. The highest BCUT2D eigenvalue weighted by Gasteiger charge is 2.26. The number of fused-ring (bicyclic) bond motifs is 2. The molecule has 2 N–H and O–H groups in total. The number of amides is 2. The molecule has 3 aromatic rings. The lowest BCUT2D eigenvalue weighted by molar-refractivity contribution is 0.0731. The monoisotopic (exact) mass is 446 g/mol. The smallest absolute Gasteiger partial charge is 0.264 e. The molecular formula is C23H22N6O4. The normalized spacial score (nSPS) is 15.1. The van der Waals surface area contributed by atoms with Gasteiger partial charge in [0.25, 0.3) is 22.9 Å². The fourth-order valence-electron chi connectivity index (χ4n) is 4.44. The van der Waals surface area contributed by atoms with E-state index < -0.39 is 0 Å². The SMILES string of the molecule is Cc1cc(C(=O)N2CCc3n[nH]c(=O)cc3C2)cc(C(=O)N2CCc3n[nH]c(=O)cc3C2)c1. The van der Waals surface area contributed by atoms with E-state index in [1.165, 1.54) is 12.1 Å². The zero-order valence-electron chi connectivity index (χ0n) is 18.1. The number of aryl methyl sites for hydroxylation is 1. The minimum absolute atomic E-state index is 0.196. The Morgan fingerprint density at radius 2 is 1.21 bits per heavy atom. The van der Waals surface area contributed by atoms with Crippen LogP contribution in [0.3, 0.4) is 0 Å². The van der Waals surface area contributed by atoms with Crippen molar-refractivity contribution in [3.05, 3.63) is 90.2 Å². The summed E-state index contributed by atoms with van der Waals surface area (Å²) in [5.41, 5.74) is 4.10. The second kappa shape index (κ2) is 8.12. The van der Waals surface area contributed by atoms with Crippen LogP contribution in [0.25, 0.3) is 0 Å². The molecule has 2 aromatic heterocycles. The average Bonchev–Trinajstić information content (AvgIpc) is 2.81. The summed E-state index contributed by atoms with van der Waals surface area (Å²) in [5, 5.41) is 13.0. The number of aromatic amines is 2. The van der Waals surface area contributed by atoms with Crippen molar-refractivity contribution in [1.29, 1.82) is 0 Å². The number of benzene rings is 1. The minimum Gasteiger partial charge on any atom is -0.334 e. The number of hydrogen-bond donors (Lipinski definition) is 2. The van der Waals surface area contributed by atoms with Gasteiger partial charge < -0.3 is 9.80 Å². The van der Waals surface area contributed by atoms with E-state index >= 15 is 0 Å². The molecule has 2 aliphatic rings. The topological polar surface area (TPSA) is 132 Å². The highest BCUT2D eigenvalue weighted by Crippen LogP contribution is 2.22. The first-order valence-corrected chi connectivity index (χ1v) is 10.7. The number of nitrogens with one attached hydrogen (secondary N) is 2. The molecule has 33 heavy (non-hydrogen) atoms. The summed E-state index contributed by atoms with van der Waals surface area (Å²) >= 11 is 0. The molecule has 0 unspecified atom stereocenters. The fourth-order valence-corrected chi connectivity index (χ4v) is 4.44. The van der Waals surface area contributed by atoms with E-state index in [9.17, 15) is 19.2 Å². The predicted molar refractivity (Wildman–Crippen MR) is 118 cm³/mol. The number of carbonyl (C=O) groups excluding carboxylic acids is 2. The molecule has 0 radical (unpaired) electrons. The van der Waals surface area contributed by atoms with Crippen molar-refractivity contribution >= 4 is 11.8 Å². The number of nitrogens with zero attached hydrogens (tertiary/aromatic N) is 4. The lowest BCUT2D eigenvalue weighted by Gasteiger charge is -2.29. The molecule has 0 fully saturated rings. The molecule has 0 spiro atoms. The number of H-pyrrole nitrogens is 2. The molecule has 2 aliphatic heterocycles. The second-order valence-electron chi connectivity index (χ2n) is 8.45. The van der Waals surface area contributed by atoms with Gasteiger partial charge in [0, 0.05) is 73.4 Å².